The molecule has 26 heavy (non-hydrogen) atoms. The Morgan fingerprint density at radius 2 is 1.73 bits per heavy atom. The lowest BCUT2D eigenvalue weighted by molar-refractivity contribution is 0.0578. The van der Waals surface area contributed by atoms with Gasteiger partial charge in [0.2, 0.25) is 0 Å². The Bertz CT molecular complexity index is 756. The van der Waals surface area contributed by atoms with E-state index in [0.717, 1.165) is 18.4 Å². The van der Waals surface area contributed by atoms with Crippen molar-refractivity contribution in [2.75, 3.05) is 27.3 Å². The minimum Gasteiger partial charge on any atom is -0.493 e. The highest BCUT2D eigenvalue weighted by Crippen LogP contribution is 2.28. The highest BCUT2D eigenvalue weighted by molar-refractivity contribution is 5.95. The number of benzene rings is 1. The molecule has 0 saturated carbocycles. The maximum atomic E-state index is 12.7. The number of rotatable bonds is 5. The number of likely N-dealkylation sites (tertiary alicyclic amines) is 1. The second kappa shape index (κ2) is 8.03. The van der Waals surface area contributed by atoms with Gasteiger partial charge in [0.15, 0.2) is 11.5 Å². The first-order valence-corrected chi connectivity index (χ1v) is 8.57. The van der Waals surface area contributed by atoms with Gasteiger partial charge in [-0.15, -0.1) is 0 Å². The highest BCUT2D eigenvalue weighted by atomic mass is 16.5. The molecule has 0 bridgehead atoms. The number of aryl methyl sites for hydroxylation is 1. The first-order chi connectivity index (χ1) is 12.6. The van der Waals surface area contributed by atoms with E-state index >= 15 is 0 Å². The molecular weight excluding hydrogens is 334 g/mol. The molecule has 1 amide bonds. The lowest BCUT2D eigenvalue weighted by atomic mass is 10.1. The summed E-state index contributed by atoms with van der Waals surface area (Å²) in [6.07, 6.45) is 4.98. The first kappa shape index (κ1) is 18.0. The number of hydrogen-bond acceptors (Lipinski definition) is 6. The van der Waals surface area contributed by atoms with E-state index in [1.807, 2.05) is 11.8 Å². The maximum Gasteiger partial charge on any atom is 0.316 e. The summed E-state index contributed by atoms with van der Waals surface area (Å²) in [7, 11) is 3.13. The van der Waals surface area contributed by atoms with Gasteiger partial charge in [-0.25, -0.2) is 9.97 Å². The van der Waals surface area contributed by atoms with Crippen LogP contribution in [0.5, 0.6) is 17.5 Å². The summed E-state index contributed by atoms with van der Waals surface area (Å²) in [6, 6.07) is 5.60. The van der Waals surface area contributed by atoms with Crippen molar-refractivity contribution >= 4 is 5.91 Å². The van der Waals surface area contributed by atoms with Crippen molar-refractivity contribution in [3.63, 3.8) is 0 Å². The van der Waals surface area contributed by atoms with Crippen LogP contribution in [0.2, 0.25) is 0 Å². The molecule has 7 heteroatoms. The van der Waals surface area contributed by atoms with E-state index in [0.29, 0.717) is 36.2 Å². The number of methoxy groups -OCH3 is 2. The van der Waals surface area contributed by atoms with E-state index < -0.39 is 0 Å². The molecule has 2 heterocycles. The molecule has 0 atom stereocenters. The van der Waals surface area contributed by atoms with Gasteiger partial charge < -0.3 is 19.1 Å². The average molecular weight is 357 g/mol. The molecule has 0 radical (unpaired) electrons. The van der Waals surface area contributed by atoms with Gasteiger partial charge in [-0.2, -0.15) is 0 Å². The Hall–Kier alpha value is -2.83. The van der Waals surface area contributed by atoms with Crippen LogP contribution in [0.15, 0.2) is 30.6 Å². The van der Waals surface area contributed by atoms with Crippen LogP contribution in [0.3, 0.4) is 0 Å². The fourth-order valence-electron chi connectivity index (χ4n) is 2.92. The molecule has 1 saturated heterocycles. The van der Waals surface area contributed by atoms with Crippen LogP contribution in [-0.4, -0.2) is 54.2 Å². The van der Waals surface area contributed by atoms with Crippen molar-refractivity contribution in [1.29, 1.82) is 0 Å². The number of hydrogen-bond donors (Lipinski definition) is 0. The van der Waals surface area contributed by atoms with Gasteiger partial charge in [0.05, 0.1) is 14.2 Å². The predicted octanol–water partition coefficient (Wildman–Crippen LogP) is 2.49. The molecular formula is C19H23N3O4. The van der Waals surface area contributed by atoms with Crippen LogP contribution in [-0.2, 0) is 0 Å². The number of amides is 1. The third kappa shape index (κ3) is 4.04. The van der Waals surface area contributed by atoms with Gasteiger partial charge in [-0.3, -0.25) is 4.79 Å². The zero-order valence-electron chi connectivity index (χ0n) is 15.3. The maximum absolute atomic E-state index is 12.7. The van der Waals surface area contributed by atoms with Gasteiger partial charge in [0.25, 0.3) is 5.91 Å². The van der Waals surface area contributed by atoms with Gasteiger partial charge in [-0.1, -0.05) is 0 Å². The molecule has 138 valence electrons. The lowest BCUT2D eigenvalue weighted by Gasteiger charge is -2.31. The van der Waals surface area contributed by atoms with Crippen molar-refractivity contribution in [2.24, 2.45) is 0 Å². The zero-order valence-corrected chi connectivity index (χ0v) is 15.3. The molecule has 0 unspecified atom stereocenters. The molecule has 1 aliphatic heterocycles. The summed E-state index contributed by atoms with van der Waals surface area (Å²) in [5.41, 5.74) is 1.58. The number of piperidine rings is 1. The van der Waals surface area contributed by atoms with Crippen LogP contribution in [0.4, 0.5) is 0 Å². The van der Waals surface area contributed by atoms with Gasteiger partial charge in [-0.05, 0) is 30.7 Å². The Morgan fingerprint density at radius 1 is 1.08 bits per heavy atom. The fraction of sp³-hybridized carbons (Fsp3) is 0.421. The van der Waals surface area contributed by atoms with Crippen LogP contribution in [0, 0.1) is 6.92 Å². The quantitative estimate of drug-likeness (QED) is 0.818. The van der Waals surface area contributed by atoms with Crippen molar-refractivity contribution in [1.82, 2.24) is 14.9 Å². The number of carbonyl (C=O) groups excluding carboxylic acids is 1. The van der Waals surface area contributed by atoms with E-state index in [4.69, 9.17) is 14.2 Å². The molecule has 1 aliphatic rings. The molecule has 0 N–H and O–H groups in total. The van der Waals surface area contributed by atoms with Crippen LogP contribution in [0.1, 0.15) is 28.8 Å². The summed E-state index contributed by atoms with van der Waals surface area (Å²) in [6.45, 7) is 3.19. The molecule has 1 fully saturated rings. The van der Waals surface area contributed by atoms with Crippen molar-refractivity contribution in [3.8, 4) is 17.5 Å². The van der Waals surface area contributed by atoms with E-state index in [-0.39, 0.29) is 12.0 Å². The SMILES string of the molecule is COc1ccc(C(=O)N2CCC(Oc3ncc(C)cn3)CC2)cc1OC. The topological polar surface area (TPSA) is 73.8 Å². The number of ether oxygens (including phenoxy) is 3. The van der Waals surface area contributed by atoms with E-state index in [2.05, 4.69) is 9.97 Å². The van der Waals surface area contributed by atoms with Crippen LogP contribution < -0.4 is 14.2 Å². The third-order valence-corrected chi connectivity index (χ3v) is 4.39. The minimum absolute atomic E-state index is 0.0176. The summed E-state index contributed by atoms with van der Waals surface area (Å²) in [5.74, 6) is 1.14. The smallest absolute Gasteiger partial charge is 0.316 e. The monoisotopic (exact) mass is 357 g/mol. The fourth-order valence-corrected chi connectivity index (χ4v) is 2.92. The summed E-state index contributed by atoms with van der Waals surface area (Å²) in [4.78, 5) is 22.9. The van der Waals surface area contributed by atoms with E-state index in [9.17, 15) is 4.79 Å². The predicted molar refractivity (Wildman–Crippen MR) is 95.9 cm³/mol. The van der Waals surface area contributed by atoms with Gasteiger partial charge in [0, 0.05) is 43.9 Å². The molecule has 1 aromatic carbocycles. The Balaban J connectivity index is 1.59. The van der Waals surface area contributed by atoms with Crippen molar-refractivity contribution < 1.29 is 19.0 Å². The Labute approximate surface area is 152 Å². The number of aromatic nitrogens is 2. The van der Waals surface area contributed by atoms with Gasteiger partial charge >= 0.3 is 6.01 Å². The molecule has 0 spiro atoms. The standard InChI is InChI=1S/C19H23N3O4/c1-13-11-20-19(21-12-13)26-15-6-8-22(9-7-15)18(23)14-4-5-16(24-2)17(10-14)25-3/h4-5,10-12,15H,6-9H2,1-3H3. The number of nitrogens with zero attached hydrogens (tertiary/aromatic N) is 3. The molecule has 3 rings (SSSR count). The first-order valence-electron chi connectivity index (χ1n) is 8.57. The second-order valence-corrected chi connectivity index (χ2v) is 6.22. The summed E-state index contributed by atoms with van der Waals surface area (Å²) < 4.78 is 16.3. The Kier molecular flexibility index (Phi) is 5.55. The number of carbonyl (C=O) groups is 1. The second-order valence-electron chi connectivity index (χ2n) is 6.22. The Morgan fingerprint density at radius 3 is 2.35 bits per heavy atom. The highest BCUT2D eigenvalue weighted by Gasteiger charge is 2.25. The molecule has 2 aromatic rings. The van der Waals surface area contributed by atoms with Gasteiger partial charge in [0.1, 0.15) is 6.10 Å². The zero-order chi connectivity index (χ0) is 18.5. The summed E-state index contributed by atoms with van der Waals surface area (Å²) >= 11 is 0. The largest absolute Gasteiger partial charge is 0.493 e. The lowest BCUT2D eigenvalue weighted by Crippen LogP contribution is -2.41. The average Bonchev–Trinajstić information content (AvgIpc) is 2.69. The van der Waals surface area contributed by atoms with E-state index in [1.165, 1.54) is 0 Å². The summed E-state index contributed by atoms with van der Waals surface area (Å²) in [5, 5.41) is 0. The molecule has 0 aliphatic carbocycles. The molecule has 7 nitrogen and oxygen atoms in total. The molecule has 1 aromatic heterocycles. The van der Waals surface area contributed by atoms with E-state index in [1.54, 1.807) is 44.8 Å². The minimum atomic E-state index is -0.0176. The van der Waals surface area contributed by atoms with Crippen LogP contribution in [0.25, 0.3) is 0 Å². The van der Waals surface area contributed by atoms with Crippen LogP contribution >= 0.6 is 0 Å². The van der Waals surface area contributed by atoms with Crippen molar-refractivity contribution in [2.45, 2.75) is 25.9 Å². The normalized spacial score (nSPS) is 14.8. The van der Waals surface area contributed by atoms with Crippen molar-refractivity contribution in [3.05, 3.63) is 41.7 Å². The third-order valence-electron chi connectivity index (χ3n) is 4.39.